The van der Waals surface area contributed by atoms with Gasteiger partial charge in [-0.05, 0) is 57.2 Å². The van der Waals surface area contributed by atoms with Gasteiger partial charge in [0.05, 0.1) is 7.11 Å². The third kappa shape index (κ3) is 3.01. The zero-order chi connectivity index (χ0) is 15.0. The van der Waals surface area contributed by atoms with E-state index in [0.29, 0.717) is 5.41 Å². The molecule has 112 valence electrons. The first-order valence-electron chi connectivity index (χ1n) is 7.72. The van der Waals surface area contributed by atoms with Crippen LogP contribution in [0.2, 0.25) is 0 Å². The Balaban J connectivity index is 2.25. The van der Waals surface area contributed by atoms with E-state index in [0.717, 1.165) is 18.2 Å². The predicted octanol–water partition coefficient (Wildman–Crippen LogP) is 4.06. The van der Waals surface area contributed by atoms with Crippen molar-refractivity contribution in [3.8, 4) is 5.75 Å². The van der Waals surface area contributed by atoms with E-state index in [9.17, 15) is 0 Å². The summed E-state index contributed by atoms with van der Waals surface area (Å²) in [7, 11) is 1.76. The Bertz CT molecular complexity index is 475. The summed E-state index contributed by atoms with van der Waals surface area (Å²) in [5.74, 6) is 1.81. The van der Waals surface area contributed by atoms with Crippen LogP contribution in [0.1, 0.15) is 51.7 Å². The fraction of sp³-hybridized carbons (Fsp3) is 0.667. The lowest BCUT2D eigenvalue weighted by atomic mass is 9.90. The molecule has 1 N–H and O–H groups in total. The molecule has 20 heavy (non-hydrogen) atoms. The summed E-state index contributed by atoms with van der Waals surface area (Å²) in [6.45, 7) is 12.2. The zero-order valence-corrected chi connectivity index (χ0v) is 13.8. The Labute approximate surface area is 123 Å². The zero-order valence-electron chi connectivity index (χ0n) is 13.8. The van der Waals surface area contributed by atoms with Crippen molar-refractivity contribution >= 4 is 0 Å². The van der Waals surface area contributed by atoms with Gasteiger partial charge in [0, 0.05) is 17.5 Å². The quantitative estimate of drug-likeness (QED) is 0.875. The van der Waals surface area contributed by atoms with Gasteiger partial charge in [0.1, 0.15) is 5.75 Å². The Hall–Kier alpha value is -1.02. The summed E-state index contributed by atoms with van der Waals surface area (Å²) >= 11 is 0. The van der Waals surface area contributed by atoms with E-state index in [1.54, 1.807) is 7.11 Å². The predicted molar refractivity (Wildman–Crippen MR) is 85.6 cm³/mol. The molecule has 2 unspecified atom stereocenters. The number of methoxy groups -OCH3 is 1. The second kappa shape index (κ2) is 5.40. The van der Waals surface area contributed by atoms with Crippen molar-refractivity contribution in [2.24, 2.45) is 5.92 Å². The van der Waals surface area contributed by atoms with Gasteiger partial charge in [-0.3, -0.25) is 0 Å². The van der Waals surface area contributed by atoms with Gasteiger partial charge < -0.3 is 10.1 Å². The summed E-state index contributed by atoms with van der Waals surface area (Å²) in [5, 5.41) is 3.70. The molecule has 0 spiro atoms. The maximum atomic E-state index is 5.50. The van der Waals surface area contributed by atoms with E-state index in [4.69, 9.17) is 4.74 Å². The van der Waals surface area contributed by atoms with E-state index in [1.807, 2.05) is 0 Å². The molecular weight excluding hydrogens is 246 g/mol. The molecule has 0 aliphatic heterocycles. The van der Waals surface area contributed by atoms with Crippen LogP contribution < -0.4 is 10.1 Å². The van der Waals surface area contributed by atoms with Gasteiger partial charge in [-0.25, -0.2) is 0 Å². The van der Waals surface area contributed by atoms with E-state index in [1.165, 1.54) is 24.0 Å². The molecule has 0 radical (unpaired) electrons. The minimum atomic E-state index is 0.169. The molecule has 1 aliphatic rings. The Morgan fingerprint density at radius 3 is 2.55 bits per heavy atom. The van der Waals surface area contributed by atoms with Gasteiger partial charge in [-0.15, -0.1) is 0 Å². The number of hydrogen-bond donors (Lipinski definition) is 1. The fourth-order valence-corrected chi connectivity index (χ4v) is 3.14. The second-order valence-electron chi connectivity index (χ2n) is 7.25. The van der Waals surface area contributed by atoms with Gasteiger partial charge in [-0.2, -0.15) is 0 Å². The molecule has 0 saturated heterocycles. The van der Waals surface area contributed by atoms with Crippen LogP contribution in [0.5, 0.6) is 5.75 Å². The van der Waals surface area contributed by atoms with Crippen LogP contribution in [0.15, 0.2) is 18.2 Å². The number of benzene rings is 1. The average Bonchev–Trinajstić information content (AvgIpc) is 3.11. The molecule has 0 bridgehead atoms. The van der Waals surface area contributed by atoms with Gasteiger partial charge in [-0.1, -0.05) is 25.5 Å². The van der Waals surface area contributed by atoms with Gasteiger partial charge in [0.25, 0.3) is 0 Å². The van der Waals surface area contributed by atoms with E-state index >= 15 is 0 Å². The van der Waals surface area contributed by atoms with Crippen molar-refractivity contribution in [1.29, 1.82) is 0 Å². The SMILES string of the molecule is CCC1CC1(CNC(C)(C)C)c1ccc(C)c(OC)c1. The minimum absolute atomic E-state index is 0.169. The lowest BCUT2D eigenvalue weighted by molar-refractivity contribution is 0.385. The monoisotopic (exact) mass is 275 g/mol. The van der Waals surface area contributed by atoms with E-state index in [2.05, 4.69) is 58.1 Å². The fourth-order valence-electron chi connectivity index (χ4n) is 3.14. The highest BCUT2D eigenvalue weighted by atomic mass is 16.5. The first-order valence-corrected chi connectivity index (χ1v) is 7.72. The highest BCUT2D eigenvalue weighted by Gasteiger charge is 2.54. The molecule has 1 aromatic rings. The van der Waals surface area contributed by atoms with Crippen molar-refractivity contribution in [2.75, 3.05) is 13.7 Å². The maximum Gasteiger partial charge on any atom is 0.122 e. The third-order valence-electron chi connectivity index (χ3n) is 4.64. The number of rotatable bonds is 5. The molecule has 0 amide bonds. The van der Waals surface area contributed by atoms with Crippen molar-refractivity contribution in [1.82, 2.24) is 5.32 Å². The number of aryl methyl sites for hydroxylation is 1. The first kappa shape index (κ1) is 15.4. The first-order chi connectivity index (χ1) is 9.32. The van der Waals surface area contributed by atoms with Crippen molar-refractivity contribution < 1.29 is 4.74 Å². The average molecular weight is 275 g/mol. The summed E-state index contributed by atoms with van der Waals surface area (Å²) in [5.41, 5.74) is 3.12. The number of ether oxygens (including phenoxy) is 1. The Morgan fingerprint density at radius 1 is 1.35 bits per heavy atom. The largest absolute Gasteiger partial charge is 0.496 e. The molecule has 2 nitrogen and oxygen atoms in total. The highest BCUT2D eigenvalue weighted by Crippen LogP contribution is 2.56. The summed E-state index contributed by atoms with van der Waals surface area (Å²) in [4.78, 5) is 0. The molecule has 2 rings (SSSR count). The lowest BCUT2D eigenvalue weighted by Crippen LogP contribution is -2.41. The minimum Gasteiger partial charge on any atom is -0.496 e. The second-order valence-corrected chi connectivity index (χ2v) is 7.25. The highest BCUT2D eigenvalue weighted by molar-refractivity contribution is 5.43. The van der Waals surface area contributed by atoms with Crippen LogP contribution in [-0.2, 0) is 5.41 Å². The maximum absolute atomic E-state index is 5.50. The molecule has 2 heteroatoms. The van der Waals surface area contributed by atoms with E-state index in [-0.39, 0.29) is 5.54 Å². The Morgan fingerprint density at radius 2 is 2.05 bits per heavy atom. The molecule has 1 aromatic carbocycles. The third-order valence-corrected chi connectivity index (χ3v) is 4.64. The summed E-state index contributed by atoms with van der Waals surface area (Å²) < 4.78 is 5.50. The Kier molecular flexibility index (Phi) is 4.15. The van der Waals surface area contributed by atoms with E-state index < -0.39 is 0 Å². The summed E-state index contributed by atoms with van der Waals surface area (Å²) in [6.07, 6.45) is 2.54. The van der Waals surface area contributed by atoms with Crippen LogP contribution in [0.3, 0.4) is 0 Å². The van der Waals surface area contributed by atoms with Crippen LogP contribution in [-0.4, -0.2) is 19.2 Å². The van der Waals surface area contributed by atoms with Crippen LogP contribution in [0.4, 0.5) is 0 Å². The van der Waals surface area contributed by atoms with Crippen molar-refractivity contribution in [3.63, 3.8) is 0 Å². The molecule has 1 saturated carbocycles. The van der Waals surface area contributed by atoms with Crippen LogP contribution in [0.25, 0.3) is 0 Å². The molecule has 2 atom stereocenters. The normalized spacial score (nSPS) is 25.6. The number of nitrogens with one attached hydrogen (secondary N) is 1. The van der Waals surface area contributed by atoms with Gasteiger partial charge in [0.2, 0.25) is 0 Å². The lowest BCUT2D eigenvalue weighted by Gasteiger charge is -2.27. The molecule has 0 heterocycles. The summed E-state index contributed by atoms with van der Waals surface area (Å²) in [6, 6.07) is 6.73. The number of hydrogen-bond acceptors (Lipinski definition) is 2. The van der Waals surface area contributed by atoms with Crippen molar-refractivity contribution in [2.45, 2.75) is 58.4 Å². The molecular formula is C18H29NO. The topological polar surface area (TPSA) is 21.3 Å². The van der Waals surface area contributed by atoms with Gasteiger partial charge >= 0.3 is 0 Å². The van der Waals surface area contributed by atoms with Gasteiger partial charge in [0.15, 0.2) is 0 Å². The van der Waals surface area contributed by atoms with Crippen molar-refractivity contribution in [3.05, 3.63) is 29.3 Å². The van der Waals surface area contributed by atoms with Crippen LogP contribution in [0, 0.1) is 12.8 Å². The standard InChI is InChI=1S/C18H29NO/c1-7-14-11-18(14,12-19-17(3,4)5)15-9-8-13(2)16(10-15)20-6/h8-10,14,19H,7,11-12H2,1-6H3. The smallest absolute Gasteiger partial charge is 0.122 e. The molecule has 1 fully saturated rings. The van der Waals surface area contributed by atoms with Crippen LogP contribution >= 0.6 is 0 Å². The molecule has 1 aliphatic carbocycles. The molecule has 0 aromatic heterocycles.